The lowest BCUT2D eigenvalue weighted by molar-refractivity contribution is -0.124. The van der Waals surface area contributed by atoms with Crippen LogP contribution in [0.5, 0.6) is 0 Å². The molecular weight excluding hydrogens is 391 g/mol. The lowest BCUT2D eigenvalue weighted by Gasteiger charge is -2.18. The Bertz CT molecular complexity index is 1220. The molecule has 0 aliphatic rings. The highest BCUT2D eigenvalue weighted by Crippen LogP contribution is 2.26. The molecule has 4 aromatic rings. The number of carbonyl (C=O) groups excluding carboxylic acids is 1. The third-order valence-electron chi connectivity index (χ3n) is 5.64. The van der Waals surface area contributed by atoms with E-state index in [4.69, 9.17) is 4.98 Å². The van der Waals surface area contributed by atoms with Crippen molar-refractivity contribution in [1.82, 2.24) is 19.9 Å². The first-order valence-corrected chi connectivity index (χ1v) is 10.3. The number of fused-ring (bicyclic) bond motifs is 1. The molecule has 5 nitrogen and oxygen atoms in total. The second-order valence-electron chi connectivity index (χ2n) is 7.88. The molecule has 0 saturated heterocycles. The van der Waals surface area contributed by atoms with Gasteiger partial charge >= 0.3 is 0 Å². The van der Waals surface area contributed by atoms with E-state index in [1.165, 1.54) is 12.1 Å². The van der Waals surface area contributed by atoms with Crippen LogP contribution in [-0.2, 0) is 17.8 Å². The van der Waals surface area contributed by atoms with Gasteiger partial charge in [0.05, 0.1) is 11.0 Å². The molecule has 31 heavy (non-hydrogen) atoms. The van der Waals surface area contributed by atoms with Gasteiger partial charge in [0.15, 0.2) is 0 Å². The molecule has 0 spiro atoms. The van der Waals surface area contributed by atoms with Crippen molar-refractivity contribution in [2.45, 2.75) is 39.8 Å². The number of hydrogen-bond acceptors (Lipinski definition) is 3. The van der Waals surface area contributed by atoms with Crippen LogP contribution in [0.25, 0.3) is 11.0 Å². The van der Waals surface area contributed by atoms with E-state index in [1.54, 1.807) is 24.5 Å². The number of imidazole rings is 1. The average Bonchev–Trinajstić information content (AvgIpc) is 3.10. The van der Waals surface area contributed by atoms with Crippen molar-refractivity contribution in [3.63, 3.8) is 0 Å². The van der Waals surface area contributed by atoms with Gasteiger partial charge in [-0.25, -0.2) is 9.37 Å². The fourth-order valence-corrected chi connectivity index (χ4v) is 3.70. The maximum absolute atomic E-state index is 13.3. The van der Waals surface area contributed by atoms with Gasteiger partial charge in [0, 0.05) is 25.4 Å². The SMILES string of the molecule is Cc1cc2nc(Cc3ccc(F)cc3)n(C(C)C(=O)NCc3ccncc3)c2cc1C. The normalized spacial score (nSPS) is 12.1. The fourth-order valence-electron chi connectivity index (χ4n) is 3.70. The van der Waals surface area contributed by atoms with Crippen molar-refractivity contribution in [3.8, 4) is 0 Å². The molecule has 158 valence electrons. The summed E-state index contributed by atoms with van der Waals surface area (Å²) in [7, 11) is 0. The predicted molar refractivity (Wildman–Crippen MR) is 119 cm³/mol. The summed E-state index contributed by atoms with van der Waals surface area (Å²) in [6, 6.07) is 13.8. The molecule has 2 heterocycles. The highest BCUT2D eigenvalue weighted by molar-refractivity contribution is 5.85. The van der Waals surface area contributed by atoms with Crippen molar-refractivity contribution < 1.29 is 9.18 Å². The molecule has 0 radical (unpaired) electrons. The predicted octanol–water partition coefficient (Wildman–Crippen LogP) is 4.66. The van der Waals surface area contributed by atoms with E-state index in [0.717, 1.165) is 39.1 Å². The van der Waals surface area contributed by atoms with Crippen molar-refractivity contribution in [2.75, 3.05) is 0 Å². The minimum Gasteiger partial charge on any atom is -0.350 e. The van der Waals surface area contributed by atoms with Gasteiger partial charge in [0.2, 0.25) is 5.91 Å². The molecule has 0 aliphatic carbocycles. The van der Waals surface area contributed by atoms with Crippen LogP contribution in [0.4, 0.5) is 4.39 Å². The minimum absolute atomic E-state index is 0.0882. The largest absolute Gasteiger partial charge is 0.350 e. The lowest BCUT2D eigenvalue weighted by Crippen LogP contribution is -2.31. The second kappa shape index (κ2) is 8.68. The second-order valence-corrected chi connectivity index (χ2v) is 7.88. The highest BCUT2D eigenvalue weighted by atomic mass is 19.1. The van der Waals surface area contributed by atoms with Crippen molar-refractivity contribution in [2.24, 2.45) is 0 Å². The van der Waals surface area contributed by atoms with Gasteiger partial charge in [0.25, 0.3) is 0 Å². The van der Waals surface area contributed by atoms with E-state index in [1.807, 2.05) is 23.6 Å². The smallest absolute Gasteiger partial charge is 0.243 e. The van der Waals surface area contributed by atoms with E-state index in [9.17, 15) is 9.18 Å². The Balaban J connectivity index is 1.68. The van der Waals surface area contributed by atoms with E-state index >= 15 is 0 Å². The Morgan fingerprint density at radius 1 is 1.03 bits per heavy atom. The monoisotopic (exact) mass is 416 g/mol. The van der Waals surface area contributed by atoms with Crippen molar-refractivity contribution in [3.05, 3.63) is 94.8 Å². The first-order valence-electron chi connectivity index (χ1n) is 10.3. The number of nitrogens with one attached hydrogen (secondary N) is 1. The summed E-state index contributed by atoms with van der Waals surface area (Å²) in [5.74, 6) is 0.417. The summed E-state index contributed by atoms with van der Waals surface area (Å²) in [5.41, 5.74) is 6.01. The topological polar surface area (TPSA) is 59.8 Å². The number of halogens is 1. The van der Waals surface area contributed by atoms with Crippen molar-refractivity contribution in [1.29, 1.82) is 0 Å². The first-order chi connectivity index (χ1) is 14.9. The molecule has 0 saturated carbocycles. The van der Waals surface area contributed by atoms with Crippen molar-refractivity contribution >= 4 is 16.9 Å². The number of rotatable bonds is 6. The fraction of sp³-hybridized carbons (Fsp3) is 0.240. The summed E-state index contributed by atoms with van der Waals surface area (Å²) in [6.45, 7) is 6.42. The number of nitrogens with zero attached hydrogens (tertiary/aromatic N) is 3. The number of aromatic nitrogens is 3. The molecule has 1 unspecified atom stereocenters. The van der Waals surface area contributed by atoms with Gasteiger partial charge in [-0.3, -0.25) is 9.78 Å². The molecular formula is C25H25FN4O. The molecule has 6 heteroatoms. The number of amides is 1. The maximum atomic E-state index is 13.3. The Hall–Kier alpha value is -3.54. The number of benzene rings is 2. The summed E-state index contributed by atoms with van der Waals surface area (Å²) in [4.78, 5) is 21.9. The number of hydrogen-bond donors (Lipinski definition) is 1. The van der Waals surface area contributed by atoms with Gasteiger partial charge in [-0.1, -0.05) is 12.1 Å². The lowest BCUT2D eigenvalue weighted by atomic mass is 10.1. The van der Waals surface area contributed by atoms with Crippen LogP contribution in [0, 0.1) is 19.7 Å². The summed E-state index contributed by atoms with van der Waals surface area (Å²) in [5, 5.41) is 3.01. The van der Waals surface area contributed by atoms with Crippen LogP contribution in [0.3, 0.4) is 0 Å². The summed E-state index contributed by atoms with van der Waals surface area (Å²) < 4.78 is 15.3. The summed E-state index contributed by atoms with van der Waals surface area (Å²) in [6.07, 6.45) is 3.93. The maximum Gasteiger partial charge on any atom is 0.243 e. The van der Waals surface area contributed by atoms with E-state index in [0.29, 0.717) is 13.0 Å². The van der Waals surface area contributed by atoms with Gasteiger partial charge in [-0.15, -0.1) is 0 Å². The van der Waals surface area contributed by atoms with Crippen LogP contribution in [-0.4, -0.2) is 20.4 Å². The van der Waals surface area contributed by atoms with Gasteiger partial charge < -0.3 is 9.88 Å². The Morgan fingerprint density at radius 2 is 1.71 bits per heavy atom. The first kappa shape index (κ1) is 20.7. The summed E-state index contributed by atoms with van der Waals surface area (Å²) >= 11 is 0. The molecule has 0 aliphatic heterocycles. The molecule has 4 rings (SSSR count). The molecule has 0 fully saturated rings. The van der Waals surface area contributed by atoms with E-state index in [-0.39, 0.29) is 11.7 Å². The minimum atomic E-state index is -0.454. The molecule has 1 amide bonds. The molecule has 0 bridgehead atoms. The molecule has 2 aromatic carbocycles. The zero-order chi connectivity index (χ0) is 22.0. The highest BCUT2D eigenvalue weighted by Gasteiger charge is 2.22. The third kappa shape index (κ3) is 4.48. The average molecular weight is 417 g/mol. The Morgan fingerprint density at radius 3 is 2.42 bits per heavy atom. The van der Waals surface area contributed by atoms with Crippen LogP contribution in [0.15, 0.2) is 60.9 Å². The van der Waals surface area contributed by atoms with Gasteiger partial charge in [-0.05, 0) is 79.4 Å². The number of pyridine rings is 1. The van der Waals surface area contributed by atoms with Crippen LogP contribution in [0.1, 0.15) is 41.0 Å². The standard InChI is InChI=1S/C25H25FN4O/c1-16-12-22-23(13-17(16)2)30(24(29-22)14-19-4-6-21(26)7-5-19)18(3)25(31)28-15-20-8-10-27-11-9-20/h4-13,18H,14-15H2,1-3H3,(H,28,31). The third-order valence-corrected chi connectivity index (χ3v) is 5.64. The zero-order valence-corrected chi connectivity index (χ0v) is 17.9. The Kier molecular flexibility index (Phi) is 5.80. The van der Waals surface area contributed by atoms with E-state index in [2.05, 4.69) is 36.3 Å². The molecule has 1 N–H and O–H groups in total. The van der Waals surface area contributed by atoms with Crippen LogP contribution >= 0.6 is 0 Å². The van der Waals surface area contributed by atoms with E-state index < -0.39 is 6.04 Å². The molecule has 2 aromatic heterocycles. The van der Waals surface area contributed by atoms with Gasteiger partial charge in [-0.2, -0.15) is 0 Å². The van der Waals surface area contributed by atoms with Gasteiger partial charge in [0.1, 0.15) is 17.7 Å². The quantitative estimate of drug-likeness (QED) is 0.498. The Labute approximate surface area is 181 Å². The zero-order valence-electron chi connectivity index (χ0n) is 17.9. The number of carbonyl (C=O) groups is 1. The molecule has 1 atom stereocenters. The van der Waals surface area contributed by atoms with Crippen LogP contribution in [0.2, 0.25) is 0 Å². The van der Waals surface area contributed by atoms with Crippen LogP contribution < -0.4 is 5.32 Å². The number of aryl methyl sites for hydroxylation is 2.